The van der Waals surface area contributed by atoms with Crippen LogP contribution in [0.5, 0.6) is 0 Å². The lowest BCUT2D eigenvalue weighted by Crippen LogP contribution is -2.39. The van der Waals surface area contributed by atoms with Gasteiger partial charge in [-0.3, -0.25) is 19.2 Å². The first kappa shape index (κ1) is 44.2. The first-order valence-corrected chi connectivity index (χ1v) is 16.4. The van der Waals surface area contributed by atoms with Crippen LogP contribution in [0, 0.1) is 23.7 Å². The molecule has 0 aromatic carbocycles. The first-order valence-electron chi connectivity index (χ1n) is 15.5. The highest BCUT2D eigenvalue weighted by Gasteiger charge is 2.36. The summed E-state index contributed by atoms with van der Waals surface area (Å²) in [5, 5.41) is 18.9. The fraction of sp³-hybridized carbons (Fsp3) is 0.733. The molecule has 0 fully saturated rings. The molecule has 0 spiro atoms. The lowest BCUT2D eigenvalue weighted by Gasteiger charge is -2.28. The Kier molecular flexibility index (Phi) is 25.1. The van der Waals surface area contributed by atoms with E-state index in [0.717, 1.165) is 12.8 Å². The predicted octanol–water partition coefficient (Wildman–Crippen LogP) is 1.90. The number of unbranched alkanes of at least 4 members (excludes halogenated alkanes) is 1. The van der Waals surface area contributed by atoms with E-state index in [9.17, 15) is 19.2 Å². The van der Waals surface area contributed by atoms with Crippen molar-refractivity contribution in [1.29, 1.82) is 0 Å². The molecule has 2 unspecified atom stereocenters. The number of carbonyl (C=O) groups is 4. The maximum Gasteiger partial charge on any atom is 0.311 e. The summed E-state index contributed by atoms with van der Waals surface area (Å²) in [6.07, 6.45) is 9.43. The average molecular weight is 745 g/mol. The zero-order valence-corrected chi connectivity index (χ0v) is 30.1. The molecule has 48 heavy (non-hydrogen) atoms. The van der Waals surface area contributed by atoms with E-state index < -0.39 is 22.1 Å². The smallest absolute Gasteiger partial charge is 0.311 e. The maximum atomic E-state index is 12.6. The van der Waals surface area contributed by atoms with Crippen molar-refractivity contribution in [3.05, 3.63) is 22.3 Å². The van der Waals surface area contributed by atoms with E-state index in [-0.39, 0.29) is 50.4 Å². The van der Waals surface area contributed by atoms with E-state index in [1.165, 1.54) is 14.1 Å². The van der Waals surface area contributed by atoms with Crippen molar-refractivity contribution < 1.29 is 38.1 Å². The van der Waals surface area contributed by atoms with E-state index in [1.807, 2.05) is 0 Å². The minimum Gasteiger partial charge on any atom is -0.463 e. The lowest BCUT2D eigenvalue weighted by molar-refractivity contribution is -0.157. The van der Waals surface area contributed by atoms with Gasteiger partial charge in [0.25, 0.3) is 0 Å². The molecule has 0 bridgehead atoms. The molecule has 3 N–H and O–H groups in total. The highest BCUT2D eigenvalue weighted by molar-refractivity contribution is 9.10. The van der Waals surface area contributed by atoms with Crippen LogP contribution in [-0.4, -0.2) is 111 Å². The SMILES string of the molecule is C#CCOCc1cn(CCOCCOCCOC(=O)C(C)(C)CC(CC(Br)C(=O)NC)C(=O)NC)nn1.CNC(=O)CCCCN=[N+]=[N-]. The van der Waals surface area contributed by atoms with Crippen LogP contribution in [0.15, 0.2) is 11.3 Å². The number of rotatable bonds is 24. The van der Waals surface area contributed by atoms with Gasteiger partial charge in [-0.25, -0.2) is 4.68 Å². The molecule has 1 rings (SSSR count). The van der Waals surface area contributed by atoms with Crippen molar-refractivity contribution in [2.24, 2.45) is 16.4 Å². The molecule has 0 aliphatic rings. The molecule has 0 saturated carbocycles. The number of terminal acetylenes is 1. The summed E-state index contributed by atoms with van der Waals surface area (Å²) in [6, 6.07) is 0. The third-order valence-corrected chi connectivity index (χ3v) is 7.31. The standard InChI is InChI=1S/C24H38BrN5O7.C6H12N4O/c1-6-8-36-17-19-16-30(29-28-19)7-9-34-10-11-35-12-13-37-23(33)24(2,3)15-18(21(31)26-4)14-20(25)22(32)27-5;1-8-6(11)4-2-3-5-9-10-7/h1,16,18,20H,7-15,17H2,2-5H3,(H,26,31)(H,27,32);2-5H2,1H3,(H,8,11). The van der Waals surface area contributed by atoms with E-state index in [2.05, 4.69) is 58.1 Å². The van der Waals surface area contributed by atoms with Crippen molar-refractivity contribution in [2.75, 3.05) is 67.3 Å². The van der Waals surface area contributed by atoms with Gasteiger partial charge in [-0.05, 0) is 45.1 Å². The Labute approximate surface area is 290 Å². The van der Waals surface area contributed by atoms with Gasteiger partial charge in [-0.1, -0.05) is 32.2 Å². The van der Waals surface area contributed by atoms with Crippen molar-refractivity contribution in [1.82, 2.24) is 30.9 Å². The highest BCUT2D eigenvalue weighted by atomic mass is 79.9. The van der Waals surface area contributed by atoms with Crippen LogP contribution >= 0.6 is 15.9 Å². The summed E-state index contributed by atoms with van der Waals surface area (Å²) < 4.78 is 23.2. The number of hydrogen-bond donors (Lipinski definition) is 3. The monoisotopic (exact) mass is 743 g/mol. The average Bonchev–Trinajstić information content (AvgIpc) is 3.53. The molecule has 0 saturated heterocycles. The molecule has 3 amide bonds. The molecule has 0 aliphatic heterocycles. The number of carbonyl (C=O) groups excluding carboxylic acids is 4. The molecule has 18 heteroatoms. The number of halogens is 1. The van der Waals surface area contributed by atoms with Crippen LogP contribution in [0.1, 0.15) is 51.6 Å². The molecule has 0 radical (unpaired) electrons. The van der Waals surface area contributed by atoms with Crippen molar-refractivity contribution in [3.63, 3.8) is 0 Å². The number of nitrogens with zero attached hydrogens (tertiary/aromatic N) is 6. The van der Waals surface area contributed by atoms with Crippen molar-refractivity contribution >= 4 is 39.6 Å². The Morgan fingerprint density at radius 2 is 1.71 bits per heavy atom. The van der Waals surface area contributed by atoms with E-state index in [0.29, 0.717) is 51.6 Å². The number of esters is 1. The summed E-state index contributed by atoms with van der Waals surface area (Å²) in [4.78, 5) is 49.5. The minimum absolute atomic E-state index is 0.0333. The molecule has 0 aliphatic carbocycles. The quantitative estimate of drug-likeness (QED) is 0.0265. The summed E-state index contributed by atoms with van der Waals surface area (Å²) >= 11 is 3.30. The third kappa shape index (κ3) is 21.2. The molecule has 1 heterocycles. The Hall–Kier alpha value is -3.75. The van der Waals surface area contributed by atoms with Gasteiger partial charge in [-0.15, -0.1) is 11.5 Å². The largest absolute Gasteiger partial charge is 0.463 e. The zero-order valence-electron chi connectivity index (χ0n) is 28.5. The van der Waals surface area contributed by atoms with Crippen molar-refractivity contribution in [3.8, 4) is 12.3 Å². The second-order valence-corrected chi connectivity index (χ2v) is 11.9. The molecular weight excluding hydrogens is 694 g/mol. The number of nitrogens with one attached hydrogen (secondary N) is 3. The first-order chi connectivity index (χ1) is 22.9. The lowest BCUT2D eigenvalue weighted by atomic mass is 9.80. The van der Waals surface area contributed by atoms with Gasteiger partial charge in [0.2, 0.25) is 17.7 Å². The van der Waals surface area contributed by atoms with E-state index >= 15 is 0 Å². The van der Waals surface area contributed by atoms with Gasteiger partial charge in [0, 0.05) is 44.9 Å². The van der Waals surface area contributed by atoms with Crippen LogP contribution in [0.2, 0.25) is 0 Å². The molecule has 17 nitrogen and oxygen atoms in total. The number of hydrogen-bond acceptors (Lipinski definition) is 11. The Bertz CT molecular complexity index is 1190. The summed E-state index contributed by atoms with van der Waals surface area (Å²) in [6.45, 7) is 6.42. The number of alkyl halides is 1. The Morgan fingerprint density at radius 3 is 2.33 bits per heavy atom. The van der Waals surface area contributed by atoms with Gasteiger partial charge in [0.15, 0.2) is 0 Å². The minimum atomic E-state index is -0.926. The van der Waals surface area contributed by atoms with Crippen LogP contribution in [-0.2, 0) is 51.3 Å². The van der Waals surface area contributed by atoms with E-state index in [1.54, 1.807) is 31.8 Å². The zero-order chi connectivity index (χ0) is 36.2. The Morgan fingerprint density at radius 1 is 1.04 bits per heavy atom. The maximum absolute atomic E-state index is 12.6. The second kappa shape index (κ2) is 27.2. The molecule has 1 aromatic rings. The normalized spacial score (nSPS) is 11.9. The fourth-order valence-corrected chi connectivity index (χ4v) is 4.62. The number of aromatic nitrogens is 3. The van der Waals surface area contributed by atoms with Crippen LogP contribution in [0.4, 0.5) is 0 Å². The Balaban J connectivity index is 0.00000171. The second-order valence-electron chi connectivity index (χ2n) is 10.8. The van der Waals surface area contributed by atoms with Gasteiger partial charge in [-0.2, -0.15) is 0 Å². The number of azide groups is 1. The highest BCUT2D eigenvalue weighted by Crippen LogP contribution is 2.31. The van der Waals surface area contributed by atoms with Gasteiger partial charge >= 0.3 is 5.97 Å². The summed E-state index contributed by atoms with van der Waals surface area (Å²) in [5.41, 5.74) is 7.67. The molecule has 270 valence electrons. The topological polar surface area (TPSA) is 221 Å². The molecule has 2 atom stereocenters. The van der Waals surface area contributed by atoms with Crippen LogP contribution < -0.4 is 16.0 Å². The fourth-order valence-electron chi connectivity index (χ4n) is 3.93. The summed E-state index contributed by atoms with van der Waals surface area (Å²) in [5.74, 6) is 0.960. The van der Waals surface area contributed by atoms with Gasteiger partial charge in [0.1, 0.15) is 18.9 Å². The molecule has 1 aromatic heterocycles. The van der Waals surface area contributed by atoms with Gasteiger partial charge < -0.3 is 34.9 Å². The summed E-state index contributed by atoms with van der Waals surface area (Å²) in [7, 11) is 4.65. The molecular formula is C30H50BrN9O8. The van der Waals surface area contributed by atoms with Gasteiger partial charge in [0.05, 0.1) is 56.0 Å². The van der Waals surface area contributed by atoms with Crippen molar-refractivity contribution in [2.45, 2.75) is 63.9 Å². The van der Waals surface area contributed by atoms with Crippen LogP contribution in [0.3, 0.4) is 0 Å². The third-order valence-electron chi connectivity index (χ3n) is 6.52. The predicted molar refractivity (Wildman–Crippen MR) is 180 cm³/mol. The van der Waals surface area contributed by atoms with Crippen LogP contribution in [0.25, 0.3) is 10.4 Å². The number of amides is 3. The van der Waals surface area contributed by atoms with E-state index in [4.69, 9.17) is 30.9 Å². The number of ether oxygens (including phenoxy) is 4.